The normalized spacial score (nSPS) is 11.9. The van der Waals surface area contributed by atoms with E-state index in [9.17, 15) is 10.2 Å². The SMILES string of the molecule is CCc1c(C)nc2ccccc2c1N(C)CC(C)(CO)CO. The molecule has 0 bridgehead atoms. The van der Waals surface area contributed by atoms with Gasteiger partial charge in [-0.15, -0.1) is 0 Å². The Morgan fingerprint density at radius 3 is 2.41 bits per heavy atom. The Labute approximate surface area is 132 Å². The second kappa shape index (κ2) is 6.63. The maximum atomic E-state index is 9.58. The van der Waals surface area contributed by atoms with E-state index in [0.717, 1.165) is 28.7 Å². The minimum absolute atomic E-state index is 0.0443. The number of hydrogen-bond acceptors (Lipinski definition) is 4. The van der Waals surface area contributed by atoms with E-state index in [0.29, 0.717) is 6.54 Å². The number of rotatable bonds is 6. The first-order chi connectivity index (χ1) is 10.5. The number of para-hydroxylation sites is 1. The highest BCUT2D eigenvalue weighted by atomic mass is 16.3. The van der Waals surface area contributed by atoms with Gasteiger partial charge < -0.3 is 15.1 Å². The van der Waals surface area contributed by atoms with Crippen LogP contribution in [0.25, 0.3) is 10.9 Å². The van der Waals surface area contributed by atoms with Crippen LogP contribution in [0.5, 0.6) is 0 Å². The molecule has 0 fully saturated rings. The first-order valence-electron chi connectivity index (χ1n) is 7.77. The summed E-state index contributed by atoms with van der Waals surface area (Å²) in [5.41, 5.74) is 3.86. The van der Waals surface area contributed by atoms with Gasteiger partial charge in [0.05, 0.1) is 24.4 Å². The zero-order chi connectivity index (χ0) is 16.3. The van der Waals surface area contributed by atoms with Crippen LogP contribution in [0.2, 0.25) is 0 Å². The van der Waals surface area contributed by atoms with Crippen LogP contribution < -0.4 is 4.90 Å². The second-order valence-corrected chi connectivity index (χ2v) is 6.38. The van der Waals surface area contributed by atoms with Crippen LogP contribution in [0.3, 0.4) is 0 Å². The zero-order valence-electron chi connectivity index (χ0n) is 13.9. The molecule has 0 aliphatic heterocycles. The Hall–Kier alpha value is -1.65. The molecule has 120 valence electrons. The van der Waals surface area contributed by atoms with Gasteiger partial charge in [-0.2, -0.15) is 0 Å². The van der Waals surface area contributed by atoms with Gasteiger partial charge in [-0.25, -0.2) is 0 Å². The van der Waals surface area contributed by atoms with Crippen molar-refractivity contribution in [3.05, 3.63) is 35.5 Å². The molecule has 0 amide bonds. The number of anilines is 1. The summed E-state index contributed by atoms with van der Waals surface area (Å²) in [7, 11) is 2.02. The highest BCUT2D eigenvalue weighted by molar-refractivity contribution is 5.93. The Bertz CT molecular complexity index is 651. The molecule has 1 aromatic carbocycles. The molecular formula is C18H26N2O2. The van der Waals surface area contributed by atoms with Crippen molar-refractivity contribution in [1.82, 2.24) is 4.98 Å². The van der Waals surface area contributed by atoms with Crippen LogP contribution in [0, 0.1) is 12.3 Å². The van der Waals surface area contributed by atoms with E-state index in [1.165, 1.54) is 5.56 Å². The third-order valence-corrected chi connectivity index (χ3v) is 4.29. The number of benzene rings is 1. The molecular weight excluding hydrogens is 276 g/mol. The molecule has 2 aromatic rings. The van der Waals surface area contributed by atoms with Crippen molar-refractivity contribution in [2.24, 2.45) is 5.41 Å². The summed E-state index contributed by atoms with van der Waals surface area (Å²) in [6.07, 6.45) is 0.901. The Morgan fingerprint density at radius 2 is 1.82 bits per heavy atom. The summed E-state index contributed by atoms with van der Waals surface area (Å²) in [5, 5.41) is 20.3. The van der Waals surface area contributed by atoms with Gasteiger partial charge in [-0.05, 0) is 25.0 Å². The summed E-state index contributed by atoms with van der Waals surface area (Å²) in [4.78, 5) is 6.84. The van der Waals surface area contributed by atoms with E-state index in [1.54, 1.807) is 0 Å². The molecule has 0 aliphatic carbocycles. The third-order valence-electron chi connectivity index (χ3n) is 4.29. The van der Waals surface area contributed by atoms with Crippen LogP contribution in [0.15, 0.2) is 24.3 Å². The molecule has 0 unspecified atom stereocenters. The lowest BCUT2D eigenvalue weighted by Gasteiger charge is -2.33. The minimum Gasteiger partial charge on any atom is -0.396 e. The van der Waals surface area contributed by atoms with Crippen LogP contribution in [0.4, 0.5) is 5.69 Å². The molecule has 0 spiro atoms. The number of aliphatic hydroxyl groups is 2. The van der Waals surface area contributed by atoms with Gasteiger partial charge in [0.25, 0.3) is 0 Å². The standard InChI is InChI=1S/C18H26N2O2/c1-5-14-13(2)19-16-9-7-6-8-15(16)17(14)20(4)10-18(3,11-21)12-22/h6-9,21-22H,5,10-12H2,1-4H3. The van der Waals surface area contributed by atoms with Crippen LogP contribution in [-0.4, -0.2) is 42.0 Å². The number of aliphatic hydroxyl groups excluding tert-OH is 2. The number of fused-ring (bicyclic) bond motifs is 1. The summed E-state index contributed by atoms with van der Waals surface area (Å²) < 4.78 is 0. The summed E-state index contributed by atoms with van der Waals surface area (Å²) >= 11 is 0. The van der Waals surface area contributed by atoms with Gasteiger partial charge in [-0.1, -0.05) is 32.0 Å². The summed E-state index contributed by atoms with van der Waals surface area (Å²) in [6.45, 7) is 6.56. The van der Waals surface area contributed by atoms with Crippen molar-refractivity contribution < 1.29 is 10.2 Å². The van der Waals surface area contributed by atoms with Crippen molar-refractivity contribution in [3.8, 4) is 0 Å². The highest BCUT2D eigenvalue weighted by Gasteiger charge is 2.26. The largest absolute Gasteiger partial charge is 0.396 e. The number of hydrogen-bond donors (Lipinski definition) is 2. The minimum atomic E-state index is -0.530. The molecule has 4 nitrogen and oxygen atoms in total. The molecule has 2 N–H and O–H groups in total. The van der Waals surface area contributed by atoms with E-state index in [4.69, 9.17) is 4.98 Å². The van der Waals surface area contributed by atoms with Crippen LogP contribution in [-0.2, 0) is 6.42 Å². The van der Waals surface area contributed by atoms with Gasteiger partial charge >= 0.3 is 0 Å². The number of aryl methyl sites for hydroxylation is 1. The zero-order valence-corrected chi connectivity index (χ0v) is 13.9. The van der Waals surface area contributed by atoms with Crippen molar-refractivity contribution in [2.75, 3.05) is 31.7 Å². The average molecular weight is 302 g/mol. The quantitative estimate of drug-likeness (QED) is 0.861. The third kappa shape index (κ3) is 3.08. The number of aromatic nitrogens is 1. The molecule has 0 aliphatic rings. The van der Waals surface area contributed by atoms with Crippen molar-refractivity contribution in [1.29, 1.82) is 0 Å². The van der Waals surface area contributed by atoms with Gasteiger partial charge in [0.1, 0.15) is 0 Å². The monoisotopic (exact) mass is 302 g/mol. The topological polar surface area (TPSA) is 56.6 Å². The molecule has 0 saturated heterocycles. The van der Waals surface area contributed by atoms with E-state index in [2.05, 4.69) is 17.9 Å². The smallest absolute Gasteiger partial charge is 0.0726 e. The predicted octanol–water partition coefficient (Wildman–Crippen LogP) is 2.53. The van der Waals surface area contributed by atoms with Gasteiger partial charge in [-0.3, -0.25) is 4.98 Å². The lowest BCUT2D eigenvalue weighted by Crippen LogP contribution is -2.39. The van der Waals surface area contributed by atoms with Gasteiger partial charge in [0.15, 0.2) is 0 Å². The Balaban J connectivity index is 2.57. The highest BCUT2D eigenvalue weighted by Crippen LogP contribution is 2.33. The first kappa shape index (κ1) is 16.7. The molecule has 0 radical (unpaired) electrons. The fourth-order valence-electron chi connectivity index (χ4n) is 3.01. The molecule has 1 heterocycles. The lowest BCUT2D eigenvalue weighted by molar-refractivity contribution is 0.0763. The van der Waals surface area contributed by atoms with Crippen molar-refractivity contribution in [2.45, 2.75) is 27.2 Å². The van der Waals surface area contributed by atoms with E-state index < -0.39 is 5.41 Å². The lowest BCUT2D eigenvalue weighted by atomic mass is 9.91. The van der Waals surface area contributed by atoms with Crippen molar-refractivity contribution in [3.63, 3.8) is 0 Å². The number of nitrogens with zero attached hydrogens (tertiary/aromatic N) is 2. The van der Waals surface area contributed by atoms with Gasteiger partial charge in [0, 0.05) is 30.1 Å². The van der Waals surface area contributed by atoms with E-state index in [-0.39, 0.29) is 13.2 Å². The number of pyridine rings is 1. The Morgan fingerprint density at radius 1 is 1.18 bits per heavy atom. The van der Waals surface area contributed by atoms with Gasteiger partial charge in [0.2, 0.25) is 0 Å². The molecule has 0 atom stereocenters. The molecule has 4 heteroatoms. The predicted molar refractivity (Wildman–Crippen MR) is 91.4 cm³/mol. The molecule has 1 aromatic heterocycles. The van der Waals surface area contributed by atoms with Crippen LogP contribution in [0.1, 0.15) is 25.1 Å². The van der Waals surface area contributed by atoms with Crippen LogP contribution >= 0.6 is 0 Å². The maximum absolute atomic E-state index is 9.58. The summed E-state index contributed by atoms with van der Waals surface area (Å²) in [6, 6.07) is 8.13. The molecule has 22 heavy (non-hydrogen) atoms. The average Bonchev–Trinajstić information content (AvgIpc) is 2.53. The maximum Gasteiger partial charge on any atom is 0.0726 e. The van der Waals surface area contributed by atoms with E-state index >= 15 is 0 Å². The first-order valence-corrected chi connectivity index (χ1v) is 7.77. The fourth-order valence-corrected chi connectivity index (χ4v) is 3.01. The molecule has 2 rings (SSSR count). The fraction of sp³-hybridized carbons (Fsp3) is 0.500. The van der Waals surface area contributed by atoms with E-state index in [1.807, 2.05) is 39.1 Å². The Kier molecular flexibility index (Phi) is 5.04. The second-order valence-electron chi connectivity index (χ2n) is 6.38. The van der Waals surface area contributed by atoms with Crippen molar-refractivity contribution >= 4 is 16.6 Å². The molecule has 0 saturated carbocycles. The summed E-state index contributed by atoms with van der Waals surface area (Å²) in [5.74, 6) is 0.